The highest BCUT2D eigenvalue weighted by Gasteiger charge is 2.46. The Morgan fingerprint density at radius 1 is 0.278 bits per heavy atom. The van der Waals surface area contributed by atoms with Gasteiger partial charge in [0.1, 0.15) is 11.0 Å². The number of hydrogen-bond acceptors (Lipinski definition) is 4. The third-order valence-electron chi connectivity index (χ3n) is 18.4. The summed E-state index contributed by atoms with van der Waals surface area (Å²) in [6.07, 6.45) is 0. The molecule has 2 heterocycles. The molecule has 0 amide bonds. The van der Waals surface area contributed by atoms with Gasteiger partial charge in [0.2, 0.25) is 0 Å². The van der Waals surface area contributed by atoms with Gasteiger partial charge in [-0.15, -0.1) is 0 Å². The van der Waals surface area contributed by atoms with Crippen molar-refractivity contribution in [3.05, 3.63) is 362 Å². The summed E-state index contributed by atoms with van der Waals surface area (Å²) in [5.74, 6) is 0. The number of nitrogens with zero attached hydrogens (tertiary/aromatic N) is 4. The van der Waals surface area contributed by atoms with Crippen LogP contribution in [-0.4, -0.2) is 13.3 Å². The molecule has 1 aliphatic rings. The smallest absolute Gasteiger partial charge is 0.129 e. The first-order chi connectivity index (χ1) is 44.6. The van der Waals surface area contributed by atoms with E-state index in [-0.39, 0.29) is 0 Å². The van der Waals surface area contributed by atoms with Gasteiger partial charge in [0, 0.05) is 33.4 Å². The van der Waals surface area contributed by atoms with Crippen LogP contribution >= 0.6 is 11.7 Å². The van der Waals surface area contributed by atoms with E-state index in [1.165, 1.54) is 106 Å². The molecular weight excluding hydrogens is 1110 g/mol. The Kier molecular flexibility index (Phi) is 12.9. The van der Waals surface area contributed by atoms with Gasteiger partial charge in [-0.3, -0.25) is 0 Å². The van der Waals surface area contributed by atoms with Gasteiger partial charge in [-0.05, 0) is 173 Å². The Morgan fingerprint density at radius 3 is 1.22 bits per heavy atom. The number of hydrogen-bond donors (Lipinski definition) is 0. The van der Waals surface area contributed by atoms with E-state index in [0.29, 0.717) is 0 Å². The second-order valence-electron chi connectivity index (χ2n) is 23.3. The first-order valence-corrected chi connectivity index (χ1v) is 31.4. The average molecular weight is 1170 g/mol. The van der Waals surface area contributed by atoms with E-state index in [0.717, 1.165) is 61.5 Å². The van der Waals surface area contributed by atoms with Crippen LogP contribution in [-0.2, 0) is 5.41 Å². The summed E-state index contributed by atoms with van der Waals surface area (Å²) in [6.45, 7) is 0. The number of benzene rings is 14. The molecule has 0 N–H and O–H groups in total. The van der Waals surface area contributed by atoms with E-state index in [9.17, 15) is 0 Å². The summed E-state index contributed by atoms with van der Waals surface area (Å²) in [7, 11) is 0. The molecule has 0 aliphatic heterocycles. The molecule has 90 heavy (non-hydrogen) atoms. The van der Waals surface area contributed by atoms with Crippen LogP contribution in [0.1, 0.15) is 22.3 Å². The third kappa shape index (κ3) is 8.89. The monoisotopic (exact) mass is 1160 g/mol. The summed E-state index contributed by atoms with van der Waals surface area (Å²) in [4.78, 5) is 2.31. The van der Waals surface area contributed by atoms with Crippen molar-refractivity contribution < 1.29 is 0 Å². The number of anilines is 3. The molecule has 0 bridgehead atoms. The van der Waals surface area contributed by atoms with E-state index in [1.54, 1.807) is 0 Å². The Bertz CT molecular complexity index is 5120. The second-order valence-corrected chi connectivity index (χ2v) is 23.9. The number of para-hydroxylation sites is 1. The lowest BCUT2D eigenvalue weighted by Gasteiger charge is -2.34. The Balaban J connectivity index is 0.720. The Morgan fingerprint density at radius 2 is 0.667 bits per heavy atom. The van der Waals surface area contributed by atoms with Crippen molar-refractivity contribution in [3.63, 3.8) is 0 Å². The molecule has 422 valence electrons. The fourth-order valence-electron chi connectivity index (χ4n) is 14.1. The summed E-state index contributed by atoms with van der Waals surface area (Å²) >= 11 is 1.26. The predicted octanol–water partition coefficient (Wildman–Crippen LogP) is 22.6. The minimum atomic E-state index is -0.478. The highest BCUT2D eigenvalue weighted by atomic mass is 32.1. The van der Waals surface area contributed by atoms with E-state index >= 15 is 0 Å². The lowest BCUT2D eigenvalue weighted by molar-refractivity contribution is 0.769. The summed E-state index contributed by atoms with van der Waals surface area (Å²) < 4.78 is 12.5. The molecule has 0 fully saturated rings. The molecule has 14 aromatic carbocycles. The van der Waals surface area contributed by atoms with Crippen LogP contribution in [0, 0.1) is 0 Å². The maximum absolute atomic E-state index is 5.06. The molecule has 16 aromatic rings. The summed E-state index contributed by atoms with van der Waals surface area (Å²) in [6, 6.07) is 124. The van der Waals surface area contributed by atoms with Crippen LogP contribution in [0.5, 0.6) is 0 Å². The van der Waals surface area contributed by atoms with Crippen molar-refractivity contribution in [3.8, 4) is 83.6 Å². The molecule has 2 aromatic heterocycles. The van der Waals surface area contributed by atoms with Gasteiger partial charge >= 0.3 is 0 Å². The highest BCUT2D eigenvalue weighted by molar-refractivity contribution is 7.00. The van der Waals surface area contributed by atoms with Crippen molar-refractivity contribution in [2.45, 2.75) is 5.41 Å². The standard InChI is InChI=1S/C85H56N4S/c1-6-18-57(19-7-1)59-30-34-61(35-31-59)65-43-51-80-76(54-65)77-55-66(62-36-32-60(33-37-62)58-20-8-2-9-21-58)44-52-81(77)89(80)72-47-40-64(41-48-72)73-50-53-82(84-83(73)86-90-87-84)88(70-26-14-5-15-27-70)71-45-38-63(39-46-71)67-42-49-75-74-28-16-17-29-78(74)85(79(75)56-67,68-22-10-3-11-23-68)69-24-12-4-13-25-69/h1-56H. The highest BCUT2D eigenvalue weighted by Crippen LogP contribution is 2.57. The lowest BCUT2D eigenvalue weighted by Crippen LogP contribution is -2.28. The van der Waals surface area contributed by atoms with Gasteiger partial charge < -0.3 is 9.47 Å². The van der Waals surface area contributed by atoms with Crippen molar-refractivity contribution in [2.75, 3.05) is 4.90 Å². The fraction of sp³-hybridized carbons (Fsp3) is 0.0118. The second kappa shape index (κ2) is 22.0. The first kappa shape index (κ1) is 52.8. The Hall–Kier alpha value is -11.5. The normalized spacial score (nSPS) is 12.3. The SMILES string of the molecule is c1ccc(-c2ccc(-c3ccc4c(c3)c3cc(-c5ccc(-c6ccccc6)cc5)ccc3n4-c3ccc(-c4ccc(N(c5ccccc5)c5ccc(-c6ccc7c(c6)C(c6ccccc6)(c6ccccc6)c6ccccc6-7)cc5)c5nsnc45)cc3)cc2)cc1. The van der Waals surface area contributed by atoms with Crippen LogP contribution in [0.15, 0.2) is 340 Å². The number of fused-ring (bicyclic) bond motifs is 7. The molecule has 0 atom stereocenters. The van der Waals surface area contributed by atoms with Gasteiger partial charge in [-0.25, -0.2) is 0 Å². The van der Waals surface area contributed by atoms with Crippen molar-refractivity contribution in [1.82, 2.24) is 13.3 Å². The molecule has 5 heteroatoms. The van der Waals surface area contributed by atoms with Gasteiger partial charge in [0.05, 0.1) is 33.9 Å². The maximum Gasteiger partial charge on any atom is 0.129 e. The molecule has 0 saturated heterocycles. The van der Waals surface area contributed by atoms with Gasteiger partial charge in [-0.1, -0.05) is 261 Å². The third-order valence-corrected chi connectivity index (χ3v) is 18.9. The van der Waals surface area contributed by atoms with Gasteiger partial charge in [0.15, 0.2) is 0 Å². The molecule has 1 aliphatic carbocycles. The van der Waals surface area contributed by atoms with Crippen molar-refractivity contribution in [1.29, 1.82) is 0 Å². The average Bonchev–Trinajstić information content (AvgIpc) is 2.05. The minimum absolute atomic E-state index is 0.478. The Labute approximate surface area is 527 Å². The van der Waals surface area contributed by atoms with Gasteiger partial charge in [0.25, 0.3) is 0 Å². The predicted molar refractivity (Wildman–Crippen MR) is 376 cm³/mol. The van der Waals surface area contributed by atoms with Crippen LogP contribution < -0.4 is 4.90 Å². The van der Waals surface area contributed by atoms with E-state index < -0.39 is 5.41 Å². The summed E-state index contributed by atoms with van der Waals surface area (Å²) in [5, 5.41) is 2.40. The molecule has 0 saturated carbocycles. The minimum Gasteiger partial charge on any atom is -0.309 e. The number of rotatable bonds is 12. The van der Waals surface area contributed by atoms with Crippen molar-refractivity contribution in [2.24, 2.45) is 0 Å². The number of aromatic nitrogens is 3. The zero-order valence-corrected chi connectivity index (χ0v) is 49.8. The first-order valence-electron chi connectivity index (χ1n) is 30.7. The van der Waals surface area contributed by atoms with Crippen molar-refractivity contribution >= 4 is 61.6 Å². The maximum atomic E-state index is 5.06. The lowest BCUT2D eigenvalue weighted by atomic mass is 9.67. The molecule has 17 rings (SSSR count). The van der Waals surface area contributed by atoms with E-state index in [1.807, 2.05) is 0 Å². The van der Waals surface area contributed by atoms with Crippen LogP contribution in [0.3, 0.4) is 0 Å². The van der Waals surface area contributed by atoms with Crippen LogP contribution in [0.2, 0.25) is 0 Å². The fourth-order valence-corrected chi connectivity index (χ4v) is 14.7. The van der Waals surface area contributed by atoms with Gasteiger partial charge in [-0.2, -0.15) is 8.75 Å². The molecular formula is C85H56N4S. The summed E-state index contributed by atoms with van der Waals surface area (Å²) in [5.41, 5.74) is 29.3. The molecule has 4 nitrogen and oxygen atoms in total. The van der Waals surface area contributed by atoms with E-state index in [2.05, 4.69) is 349 Å². The van der Waals surface area contributed by atoms with Crippen LogP contribution in [0.25, 0.3) is 116 Å². The molecule has 0 unspecified atom stereocenters. The largest absolute Gasteiger partial charge is 0.309 e. The topological polar surface area (TPSA) is 34.0 Å². The van der Waals surface area contributed by atoms with E-state index in [4.69, 9.17) is 8.75 Å². The molecule has 0 spiro atoms. The zero-order chi connectivity index (χ0) is 59.5. The molecule has 0 radical (unpaired) electrons. The van der Waals surface area contributed by atoms with Crippen LogP contribution in [0.4, 0.5) is 17.1 Å². The zero-order valence-electron chi connectivity index (χ0n) is 49.0. The quantitative estimate of drug-likeness (QED) is 0.122.